The van der Waals surface area contributed by atoms with Crippen molar-refractivity contribution in [2.45, 2.75) is 0 Å². The van der Waals surface area contributed by atoms with Crippen LogP contribution in [0.25, 0.3) is 0 Å². The summed E-state index contributed by atoms with van der Waals surface area (Å²) in [6, 6.07) is 0. The maximum absolute atomic E-state index is 5.32. The molecule has 0 aliphatic carbocycles. The molecule has 8 heteroatoms. The Labute approximate surface area is 108 Å². The molecule has 1 aromatic heterocycles. The minimum atomic E-state index is 0.706. The van der Waals surface area contributed by atoms with E-state index in [9.17, 15) is 0 Å². The van der Waals surface area contributed by atoms with Crippen LogP contribution in [-0.2, 0) is 0 Å². The summed E-state index contributed by atoms with van der Waals surface area (Å²) in [5, 5.41) is 19.0. The summed E-state index contributed by atoms with van der Waals surface area (Å²) in [4.78, 5) is 0. The van der Waals surface area contributed by atoms with Gasteiger partial charge in [0.15, 0.2) is 0 Å². The van der Waals surface area contributed by atoms with Crippen molar-refractivity contribution in [1.29, 1.82) is 0 Å². The van der Waals surface area contributed by atoms with Gasteiger partial charge >= 0.3 is 0 Å². The molecular formula is C10H26N8. The fourth-order valence-corrected chi connectivity index (χ4v) is 1.10. The van der Waals surface area contributed by atoms with Crippen molar-refractivity contribution in [3.8, 4) is 0 Å². The van der Waals surface area contributed by atoms with Crippen LogP contribution in [-0.4, -0.2) is 67.8 Å². The second-order valence-corrected chi connectivity index (χ2v) is 3.48. The van der Waals surface area contributed by atoms with Gasteiger partial charge in [-0.1, -0.05) is 0 Å². The van der Waals surface area contributed by atoms with Crippen molar-refractivity contribution in [2.75, 3.05) is 52.4 Å². The van der Waals surface area contributed by atoms with E-state index in [4.69, 9.17) is 11.5 Å². The molecule has 0 aromatic carbocycles. The van der Waals surface area contributed by atoms with Crippen molar-refractivity contribution in [2.24, 2.45) is 11.5 Å². The second kappa shape index (κ2) is 15.9. The Hall–Kier alpha value is -1.06. The van der Waals surface area contributed by atoms with Crippen LogP contribution in [0.15, 0.2) is 12.4 Å². The Bertz CT molecular complexity index is 188. The van der Waals surface area contributed by atoms with Gasteiger partial charge < -0.3 is 27.4 Å². The van der Waals surface area contributed by atoms with Gasteiger partial charge in [-0.05, 0) is 0 Å². The summed E-state index contributed by atoms with van der Waals surface area (Å²) in [6.07, 6.45) is 3.17. The molecule has 0 saturated heterocycles. The van der Waals surface area contributed by atoms with Crippen LogP contribution < -0.4 is 27.4 Å². The predicted molar refractivity (Wildman–Crippen MR) is 73.1 cm³/mol. The third-order valence-electron chi connectivity index (χ3n) is 1.93. The number of rotatable bonds is 10. The van der Waals surface area contributed by atoms with E-state index in [1.807, 2.05) is 0 Å². The summed E-state index contributed by atoms with van der Waals surface area (Å²) in [5.41, 5.74) is 10.6. The normalized spacial score (nSPS) is 9.89. The van der Waals surface area contributed by atoms with Crippen molar-refractivity contribution in [3.05, 3.63) is 12.4 Å². The fraction of sp³-hybridized carbons (Fsp3) is 0.800. The van der Waals surface area contributed by atoms with E-state index in [-0.39, 0.29) is 0 Å². The van der Waals surface area contributed by atoms with Gasteiger partial charge in [0, 0.05) is 52.4 Å². The molecule has 0 amide bonds. The highest BCUT2D eigenvalue weighted by Gasteiger charge is 1.87. The molecular weight excluding hydrogens is 232 g/mol. The number of nitrogens with zero attached hydrogens (tertiary/aromatic N) is 2. The topological polar surface area (TPSA) is 130 Å². The molecule has 0 atom stereocenters. The first kappa shape index (κ1) is 16.9. The lowest BCUT2D eigenvalue weighted by Crippen LogP contribution is -2.35. The highest BCUT2D eigenvalue weighted by atomic mass is 15.3. The van der Waals surface area contributed by atoms with E-state index >= 15 is 0 Å². The molecule has 0 spiro atoms. The molecule has 0 bridgehead atoms. The lowest BCUT2D eigenvalue weighted by atomic mass is 10.5. The van der Waals surface area contributed by atoms with Crippen LogP contribution in [0.4, 0.5) is 0 Å². The minimum Gasteiger partial charge on any atom is -0.329 e. The third-order valence-corrected chi connectivity index (χ3v) is 1.93. The van der Waals surface area contributed by atoms with Gasteiger partial charge in [-0.2, -0.15) is 15.4 Å². The largest absolute Gasteiger partial charge is 0.329 e. The standard InChI is InChI=1S/C8H23N5.C2H3N3/c9-1-3-11-5-7-13-8-6-12-4-2-10;1-2-4-5-3-1/h11-13H,1-10H2;1-2H,(H,3,4,5). The number of hydrogen-bond acceptors (Lipinski definition) is 7. The second-order valence-electron chi connectivity index (χ2n) is 3.48. The number of aromatic nitrogens is 3. The highest BCUT2D eigenvalue weighted by molar-refractivity contribution is 4.55. The van der Waals surface area contributed by atoms with Gasteiger partial charge in [-0.3, -0.25) is 0 Å². The van der Waals surface area contributed by atoms with Crippen molar-refractivity contribution < 1.29 is 0 Å². The van der Waals surface area contributed by atoms with Crippen LogP contribution in [0.5, 0.6) is 0 Å². The van der Waals surface area contributed by atoms with Crippen molar-refractivity contribution in [3.63, 3.8) is 0 Å². The average molecular weight is 258 g/mol. The first-order valence-corrected chi connectivity index (χ1v) is 6.23. The van der Waals surface area contributed by atoms with Crippen LogP contribution in [0, 0.1) is 0 Å². The zero-order valence-electron chi connectivity index (χ0n) is 10.9. The average Bonchev–Trinajstić information content (AvgIpc) is 2.96. The van der Waals surface area contributed by atoms with Crippen LogP contribution in [0.3, 0.4) is 0 Å². The Kier molecular flexibility index (Phi) is 15.0. The van der Waals surface area contributed by atoms with E-state index in [1.165, 1.54) is 0 Å². The summed E-state index contributed by atoms with van der Waals surface area (Å²) in [5.74, 6) is 0. The van der Waals surface area contributed by atoms with Crippen LogP contribution >= 0.6 is 0 Å². The number of aromatic amines is 1. The molecule has 0 aliphatic rings. The SMILES string of the molecule is NCCNCCNCCNCCN.c1cn[nH]n1. The van der Waals surface area contributed by atoms with Gasteiger partial charge in [0.05, 0.1) is 12.4 Å². The quantitative estimate of drug-likeness (QED) is 0.255. The summed E-state index contributed by atoms with van der Waals surface area (Å²) >= 11 is 0. The summed E-state index contributed by atoms with van der Waals surface area (Å²) in [7, 11) is 0. The number of hydrogen-bond donors (Lipinski definition) is 6. The molecule has 0 saturated carbocycles. The van der Waals surface area contributed by atoms with E-state index < -0.39 is 0 Å². The monoisotopic (exact) mass is 258 g/mol. The molecule has 1 aromatic rings. The van der Waals surface area contributed by atoms with E-state index in [1.54, 1.807) is 12.4 Å². The number of nitrogens with two attached hydrogens (primary N) is 2. The van der Waals surface area contributed by atoms with Crippen LogP contribution in [0.2, 0.25) is 0 Å². The predicted octanol–water partition coefficient (Wildman–Crippen LogP) is -2.52. The van der Waals surface area contributed by atoms with Crippen molar-refractivity contribution >= 4 is 0 Å². The molecule has 1 rings (SSSR count). The smallest absolute Gasteiger partial charge is 0.0690 e. The molecule has 8 N–H and O–H groups in total. The maximum Gasteiger partial charge on any atom is 0.0690 e. The molecule has 0 fully saturated rings. The molecule has 0 unspecified atom stereocenters. The Morgan fingerprint density at radius 1 is 0.722 bits per heavy atom. The first-order valence-electron chi connectivity index (χ1n) is 6.23. The zero-order chi connectivity index (χ0) is 13.3. The van der Waals surface area contributed by atoms with Crippen LogP contribution in [0.1, 0.15) is 0 Å². The molecule has 0 radical (unpaired) electrons. The van der Waals surface area contributed by atoms with E-state index in [0.717, 1.165) is 39.3 Å². The van der Waals surface area contributed by atoms with Gasteiger partial charge in [-0.25, -0.2) is 0 Å². The van der Waals surface area contributed by atoms with Crippen molar-refractivity contribution in [1.82, 2.24) is 31.4 Å². The first-order chi connectivity index (χ1) is 8.91. The Morgan fingerprint density at radius 2 is 1.11 bits per heavy atom. The molecule has 8 nitrogen and oxygen atoms in total. The molecule has 106 valence electrons. The number of H-pyrrole nitrogens is 1. The van der Waals surface area contributed by atoms with Gasteiger partial charge in [-0.15, -0.1) is 0 Å². The molecule has 0 aliphatic heterocycles. The Morgan fingerprint density at radius 3 is 1.39 bits per heavy atom. The fourth-order valence-electron chi connectivity index (χ4n) is 1.10. The summed E-state index contributed by atoms with van der Waals surface area (Å²) < 4.78 is 0. The summed E-state index contributed by atoms with van der Waals surface area (Å²) in [6.45, 7) is 7.15. The van der Waals surface area contributed by atoms with E-state index in [0.29, 0.717) is 13.1 Å². The lowest BCUT2D eigenvalue weighted by Gasteiger charge is -2.06. The number of nitrogens with one attached hydrogen (secondary N) is 4. The lowest BCUT2D eigenvalue weighted by molar-refractivity contribution is 0.586. The Balaban J connectivity index is 0.000000473. The highest BCUT2D eigenvalue weighted by Crippen LogP contribution is 1.60. The molecule has 1 heterocycles. The zero-order valence-corrected chi connectivity index (χ0v) is 10.9. The third kappa shape index (κ3) is 14.9. The molecule has 18 heavy (non-hydrogen) atoms. The van der Waals surface area contributed by atoms with E-state index in [2.05, 4.69) is 31.4 Å². The van der Waals surface area contributed by atoms with Gasteiger partial charge in [0.2, 0.25) is 0 Å². The van der Waals surface area contributed by atoms with Gasteiger partial charge in [0.1, 0.15) is 0 Å². The minimum absolute atomic E-state index is 0.706. The maximum atomic E-state index is 5.32. The van der Waals surface area contributed by atoms with Gasteiger partial charge in [0.25, 0.3) is 0 Å².